The molecule has 1 aliphatic carbocycles. The molecule has 1 aromatic rings. The highest BCUT2D eigenvalue weighted by molar-refractivity contribution is 7.88. The number of rotatable bonds is 2. The number of likely N-dealkylation sites (N-methyl/N-ethyl adjacent to an activating group) is 1. The third kappa shape index (κ3) is 1.86. The van der Waals surface area contributed by atoms with E-state index in [9.17, 15) is 13.5 Å². The molecule has 0 unspecified atom stereocenters. The van der Waals surface area contributed by atoms with Gasteiger partial charge in [-0.3, -0.25) is 0 Å². The van der Waals surface area contributed by atoms with E-state index in [1.165, 1.54) is 11.4 Å². The molecule has 0 radical (unpaired) electrons. The van der Waals surface area contributed by atoms with Crippen LogP contribution in [0.5, 0.6) is 0 Å². The summed E-state index contributed by atoms with van der Waals surface area (Å²) >= 11 is 0. The second-order valence-electron chi connectivity index (χ2n) is 4.19. The van der Waals surface area contributed by atoms with Crippen molar-refractivity contribution in [1.29, 1.82) is 0 Å². The molecule has 0 amide bonds. The van der Waals surface area contributed by atoms with Crippen molar-refractivity contribution in [2.75, 3.05) is 13.3 Å². The van der Waals surface area contributed by atoms with Crippen LogP contribution in [0.2, 0.25) is 0 Å². The number of aliphatic hydroxyl groups is 1. The van der Waals surface area contributed by atoms with Crippen LogP contribution in [0.25, 0.3) is 0 Å². The minimum Gasteiger partial charge on any atom is -0.391 e. The smallest absolute Gasteiger partial charge is 0.211 e. The van der Waals surface area contributed by atoms with Gasteiger partial charge < -0.3 is 5.11 Å². The molecule has 1 N–H and O–H groups in total. The van der Waals surface area contributed by atoms with Crippen molar-refractivity contribution in [3.05, 3.63) is 35.4 Å². The summed E-state index contributed by atoms with van der Waals surface area (Å²) < 4.78 is 24.2. The summed E-state index contributed by atoms with van der Waals surface area (Å²) in [6, 6.07) is 7.10. The first-order chi connectivity index (χ1) is 7.41. The minimum absolute atomic E-state index is 0.453. The third-order valence-corrected chi connectivity index (χ3v) is 4.36. The molecule has 2 atom stereocenters. The van der Waals surface area contributed by atoms with E-state index in [1.807, 2.05) is 24.3 Å². The SMILES string of the molecule is CN([C@@H]1c2ccccc2C[C@H]1O)S(C)(=O)=O. The van der Waals surface area contributed by atoms with E-state index in [-0.39, 0.29) is 0 Å². The molecule has 0 fully saturated rings. The number of aliphatic hydroxyl groups excluding tert-OH is 1. The van der Waals surface area contributed by atoms with Gasteiger partial charge in [0.1, 0.15) is 0 Å². The summed E-state index contributed by atoms with van der Waals surface area (Å²) in [6.07, 6.45) is 1.01. The highest BCUT2D eigenvalue weighted by Crippen LogP contribution is 2.36. The largest absolute Gasteiger partial charge is 0.391 e. The lowest BCUT2D eigenvalue weighted by Crippen LogP contribution is -2.35. The van der Waals surface area contributed by atoms with Gasteiger partial charge in [-0.15, -0.1) is 0 Å². The topological polar surface area (TPSA) is 57.6 Å². The maximum absolute atomic E-state index is 11.5. The van der Waals surface area contributed by atoms with Crippen LogP contribution in [0.4, 0.5) is 0 Å². The van der Waals surface area contributed by atoms with Gasteiger partial charge in [-0.1, -0.05) is 24.3 Å². The fourth-order valence-electron chi connectivity index (χ4n) is 2.20. The van der Waals surface area contributed by atoms with Crippen molar-refractivity contribution in [3.8, 4) is 0 Å². The standard InChI is InChI=1S/C11H15NO3S/c1-12(16(2,14)15)11-9-6-4-3-5-8(9)7-10(11)13/h3-6,10-11,13H,7H2,1-2H3/t10-,11-/m1/s1. The lowest BCUT2D eigenvalue weighted by atomic mass is 10.1. The molecule has 1 aliphatic rings. The molecule has 1 aromatic carbocycles. The van der Waals surface area contributed by atoms with Crippen LogP contribution in [0.15, 0.2) is 24.3 Å². The maximum atomic E-state index is 11.5. The van der Waals surface area contributed by atoms with Crippen LogP contribution in [-0.2, 0) is 16.4 Å². The van der Waals surface area contributed by atoms with E-state index in [0.29, 0.717) is 6.42 Å². The average Bonchev–Trinajstić information content (AvgIpc) is 2.51. The van der Waals surface area contributed by atoms with Crippen molar-refractivity contribution in [2.24, 2.45) is 0 Å². The molecule has 88 valence electrons. The number of hydrogen-bond acceptors (Lipinski definition) is 3. The van der Waals surface area contributed by atoms with Crippen LogP contribution in [0, 0.1) is 0 Å². The fraction of sp³-hybridized carbons (Fsp3) is 0.455. The Kier molecular flexibility index (Phi) is 2.77. The summed E-state index contributed by atoms with van der Waals surface area (Å²) in [6.45, 7) is 0. The Balaban J connectivity index is 2.43. The highest BCUT2D eigenvalue weighted by Gasteiger charge is 2.36. The molecule has 0 heterocycles. The zero-order valence-electron chi connectivity index (χ0n) is 9.29. The number of sulfonamides is 1. The van der Waals surface area contributed by atoms with Gasteiger partial charge in [0.05, 0.1) is 18.4 Å². The van der Waals surface area contributed by atoms with Crippen molar-refractivity contribution < 1.29 is 13.5 Å². The Hall–Kier alpha value is -0.910. The van der Waals surface area contributed by atoms with Gasteiger partial charge in [0.15, 0.2) is 0 Å². The molecule has 5 heteroatoms. The summed E-state index contributed by atoms with van der Waals surface area (Å²) in [7, 11) is -1.78. The molecule has 4 nitrogen and oxygen atoms in total. The normalized spacial score (nSPS) is 24.8. The van der Waals surface area contributed by atoms with Crippen molar-refractivity contribution >= 4 is 10.0 Å². The number of nitrogens with zero attached hydrogens (tertiary/aromatic N) is 1. The third-order valence-electron chi connectivity index (χ3n) is 3.08. The Morgan fingerprint density at radius 2 is 2.00 bits per heavy atom. The van der Waals surface area contributed by atoms with E-state index in [2.05, 4.69) is 0 Å². The van der Waals surface area contributed by atoms with E-state index >= 15 is 0 Å². The molecule has 0 saturated heterocycles. The Bertz CT molecular complexity index is 498. The molecule has 0 spiro atoms. The molecule has 0 aliphatic heterocycles. The van der Waals surface area contributed by atoms with Gasteiger partial charge in [0.2, 0.25) is 10.0 Å². The fourth-order valence-corrected chi connectivity index (χ4v) is 2.86. The lowest BCUT2D eigenvalue weighted by Gasteiger charge is -2.25. The number of benzene rings is 1. The van der Waals surface area contributed by atoms with Crippen LogP contribution in [0.1, 0.15) is 17.2 Å². The van der Waals surface area contributed by atoms with E-state index in [1.54, 1.807) is 0 Å². The Morgan fingerprint density at radius 3 is 2.62 bits per heavy atom. The van der Waals surface area contributed by atoms with E-state index < -0.39 is 22.2 Å². The van der Waals surface area contributed by atoms with Gasteiger partial charge in [-0.05, 0) is 11.1 Å². The Morgan fingerprint density at radius 1 is 1.38 bits per heavy atom. The monoisotopic (exact) mass is 241 g/mol. The number of hydrogen-bond donors (Lipinski definition) is 1. The quantitative estimate of drug-likeness (QED) is 0.822. The number of fused-ring (bicyclic) bond motifs is 1. The highest BCUT2D eigenvalue weighted by atomic mass is 32.2. The van der Waals surface area contributed by atoms with Gasteiger partial charge in [0, 0.05) is 13.5 Å². The summed E-state index contributed by atoms with van der Waals surface area (Å²) in [4.78, 5) is 0. The second kappa shape index (κ2) is 3.84. The predicted molar refractivity (Wildman–Crippen MR) is 61.5 cm³/mol. The predicted octanol–water partition coefficient (Wildman–Crippen LogP) is 0.536. The zero-order chi connectivity index (χ0) is 11.9. The molecule has 2 rings (SSSR count). The summed E-state index contributed by atoms with van der Waals surface area (Å²) in [5, 5.41) is 9.94. The summed E-state index contributed by atoms with van der Waals surface area (Å²) in [5.41, 5.74) is 1.93. The van der Waals surface area contributed by atoms with Crippen LogP contribution >= 0.6 is 0 Å². The second-order valence-corrected chi connectivity index (χ2v) is 6.24. The van der Waals surface area contributed by atoms with Gasteiger partial charge in [0.25, 0.3) is 0 Å². The zero-order valence-corrected chi connectivity index (χ0v) is 10.1. The van der Waals surface area contributed by atoms with Crippen LogP contribution in [0.3, 0.4) is 0 Å². The van der Waals surface area contributed by atoms with Crippen molar-refractivity contribution in [3.63, 3.8) is 0 Å². The molecule has 0 aromatic heterocycles. The molecular formula is C11H15NO3S. The van der Waals surface area contributed by atoms with Crippen molar-refractivity contribution in [2.45, 2.75) is 18.6 Å². The first-order valence-corrected chi connectivity index (χ1v) is 6.95. The molecular weight excluding hydrogens is 226 g/mol. The van der Waals surface area contributed by atoms with E-state index in [0.717, 1.165) is 17.4 Å². The molecule has 16 heavy (non-hydrogen) atoms. The first-order valence-electron chi connectivity index (χ1n) is 5.10. The van der Waals surface area contributed by atoms with Gasteiger partial charge in [-0.2, -0.15) is 4.31 Å². The van der Waals surface area contributed by atoms with Crippen molar-refractivity contribution in [1.82, 2.24) is 4.31 Å². The Labute approximate surface area is 95.6 Å². The van der Waals surface area contributed by atoms with Crippen LogP contribution in [-0.4, -0.2) is 37.2 Å². The first kappa shape index (κ1) is 11.6. The lowest BCUT2D eigenvalue weighted by molar-refractivity contribution is 0.113. The summed E-state index contributed by atoms with van der Waals surface area (Å²) in [5.74, 6) is 0. The molecule has 0 bridgehead atoms. The van der Waals surface area contributed by atoms with E-state index in [4.69, 9.17) is 0 Å². The van der Waals surface area contributed by atoms with Gasteiger partial charge in [-0.25, -0.2) is 8.42 Å². The van der Waals surface area contributed by atoms with Gasteiger partial charge >= 0.3 is 0 Å². The molecule has 0 saturated carbocycles. The maximum Gasteiger partial charge on any atom is 0.211 e. The van der Waals surface area contributed by atoms with Crippen LogP contribution < -0.4 is 0 Å². The average molecular weight is 241 g/mol. The minimum atomic E-state index is -3.29.